The van der Waals surface area contributed by atoms with E-state index in [0.29, 0.717) is 31.1 Å². The quantitative estimate of drug-likeness (QED) is 0.272. The van der Waals surface area contributed by atoms with Crippen LogP contribution in [-0.2, 0) is 17.3 Å². The molecule has 1 fully saturated rings. The lowest BCUT2D eigenvalue weighted by atomic mass is 9.99. The molecule has 0 radical (unpaired) electrons. The van der Waals surface area contributed by atoms with Crippen LogP contribution in [0.2, 0.25) is 0 Å². The second-order valence-corrected chi connectivity index (χ2v) is 9.34. The minimum absolute atomic E-state index is 0.0104. The van der Waals surface area contributed by atoms with Gasteiger partial charge in [0, 0.05) is 25.8 Å². The van der Waals surface area contributed by atoms with Crippen molar-refractivity contribution in [2.75, 3.05) is 25.1 Å². The fourth-order valence-corrected chi connectivity index (χ4v) is 4.37. The van der Waals surface area contributed by atoms with Crippen molar-refractivity contribution in [3.8, 4) is 16.9 Å². The van der Waals surface area contributed by atoms with Crippen LogP contribution in [0.4, 0.5) is 23.4 Å². The van der Waals surface area contributed by atoms with Gasteiger partial charge in [-0.2, -0.15) is 13.2 Å². The molecule has 1 aliphatic heterocycles. The molecule has 0 aliphatic carbocycles. The number of carbonyl (C=O) groups excluding carboxylic acids is 1. The third kappa shape index (κ3) is 6.63. The maximum Gasteiger partial charge on any atom is 0.417 e. The van der Waals surface area contributed by atoms with Gasteiger partial charge in [-0.15, -0.1) is 10.2 Å². The Bertz CT molecular complexity index is 1480. The summed E-state index contributed by atoms with van der Waals surface area (Å²) in [5.41, 5.74) is -0.393. The number of hydrogen-bond donors (Lipinski definition) is 2. The summed E-state index contributed by atoms with van der Waals surface area (Å²) in [5, 5.41) is 10.2. The molecule has 1 saturated heterocycles. The lowest BCUT2D eigenvalue weighted by Crippen LogP contribution is -2.21. The van der Waals surface area contributed by atoms with E-state index in [9.17, 15) is 22.4 Å². The Morgan fingerprint density at radius 1 is 1.07 bits per heavy atom. The molecule has 0 unspecified atom stereocenters. The van der Waals surface area contributed by atoms with Gasteiger partial charge in [-0.1, -0.05) is 18.2 Å². The van der Waals surface area contributed by atoms with Crippen molar-refractivity contribution < 1.29 is 31.8 Å². The Labute approximate surface area is 226 Å². The van der Waals surface area contributed by atoms with Crippen LogP contribution in [0.3, 0.4) is 0 Å². The van der Waals surface area contributed by atoms with Crippen molar-refractivity contribution in [3.63, 3.8) is 0 Å². The number of pyridine rings is 1. The van der Waals surface area contributed by atoms with E-state index in [0.717, 1.165) is 18.9 Å². The Hall–Kier alpha value is -4.32. The highest BCUT2D eigenvalue weighted by molar-refractivity contribution is 6.01. The highest BCUT2D eigenvalue weighted by atomic mass is 19.4. The maximum absolute atomic E-state index is 13.9. The number of aromatic nitrogens is 4. The lowest BCUT2D eigenvalue weighted by Gasteiger charge is -2.22. The number of alkyl halides is 3. The van der Waals surface area contributed by atoms with Crippen molar-refractivity contribution in [3.05, 3.63) is 89.4 Å². The van der Waals surface area contributed by atoms with E-state index >= 15 is 0 Å². The second kappa shape index (κ2) is 11.8. The number of nitrogens with one attached hydrogen (secondary N) is 2. The highest BCUT2D eigenvalue weighted by Crippen LogP contribution is 2.39. The molecule has 40 heavy (non-hydrogen) atoms. The number of anilines is 1. The summed E-state index contributed by atoms with van der Waals surface area (Å²) >= 11 is 0. The molecule has 1 aliphatic rings. The van der Waals surface area contributed by atoms with E-state index in [1.807, 2.05) is 0 Å². The number of nitrogens with zero attached hydrogens (tertiary/aromatic N) is 3. The van der Waals surface area contributed by atoms with Gasteiger partial charge in [0.15, 0.2) is 0 Å². The molecule has 0 bridgehead atoms. The van der Waals surface area contributed by atoms with E-state index < -0.39 is 23.5 Å². The van der Waals surface area contributed by atoms with Crippen molar-refractivity contribution in [2.45, 2.75) is 25.4 Å². The van der Waals surface area contributed by atoms with Crippen LogP contribution in [0, 0.1) is 11.7 Å². The Morgan fingerprint density at radius 3 is 2.65 bits per heavy atom. The molecule has 208 valence electrons. The van der Waals surface area contributed by atoms with Crippen LogP contribution in [0.5, 0.6) is 5.75 Å². The van der Waals surface area contributed by atoms with Crippen molar-refractivity contribution in [1.29, 1.82) is 0 Å². The topological polar surface area (TPSA) is 102 Å². The standard InChI is InChI=1S/C28H25F4N5O3/c29-23-4-2-1-3-19(23)14-25-34-26(37-36-25)27(38)35-24-13-18(7-10-33-24)21-15-20(5-6-22(21)28(30,31)32)40-16-17-8-11-39-12-9-17/h1-7,10,13,15,17H,8-9,11-12,14,16H2,(H,33,35,38)(H,34,36,37). The van der Waals surface area contributed by atoms with Gasteiger partial charge in [0.1, 0.15) is 23.2 Å². The smallest absolute Gasteiger partial charge is 0.417 e. The zero-order chi connectivity index (χ0) is 28.1. The van der Waals surface area contributed by atoms with E-state index in [-0.39, 0.29) is 40.9 Å². The normalized spacial score (nSPS) is 14.2. The van der Waals surface area contributed by atoms with Gasteiger partial charge in [0.25, 0.3) is 5.91 Å². The van der Waals surface area contributed by atoms with Gasteiger partial charge >= 0.3 is 6.18 Å². The van der Waals surface area contributed by atoms with E-state index in [2.05, 4.69) is 25.5 Å². The minimum Gasteiger partial charge on any atom is -0.493 e. The number of halogens is 4. The van der Waals surface area contributed by atoms with Crippen LogP contribution in [-0.4, -0.2) is 45.9 Å². The van der Waals surface area contributed by atoms with Crippen LogP contribution in [0.1, 0.15) is 40.4 Å². The highest BCUT2D eigenvalue weighted by Gasteiger charge is 2.34. The molecule has 4 aromatic rings. The largest absolute Gasteiger partial charge is 0.493 e. The van der Waals surface area contributed by atoms with E-state index in [4.69, 9.17) is 9.47 Å². The average molecular weight is 556 g/mol. The summed E-state index contributed by atoms with van der Waals surface area (Å²) in [5.74, 6) is -0.422. The van der Waals surface area contributed by atoms with Gasteiger partial charge < -0.3 is 19.8 Å². The zero-order valence-electron chi connectivity index (χ0n) is 21.2. The average Bonchev–Trinajstić information content (AvgIpc) is 3.42. The predicted octanol–water partition coefficient (Wildman–Crippen LogP) is 5.67. The predicted molar refractivity (Wildman–Crippen MR) is 137 cm³/mol. The molecule has 2 aromatic carbocycles. The summed E-state index contributed by atoms with van der Waals surface area (Å²) < 4.78 is 66.7. The molecule has 12 heteroatoms. The molecular formula is C28H25F4N5O3. The van der Waals surface area contributed by atoms with Gasteiger partial charge in [0.2, 0.25) is 5.82 Å². The molecular weight excluding hydrogens is 530 g/mol. The Morgan fingerprint density at radius 2 is 1.88 bits per heavy atom. The maximum atomic E-state index is 13.9. The molecule has 8 nitrogen and oxygen atoms in total. The molecule has 1 amide bonds. The molecule has 2 N–H and O–H groups in total. The summed E-state index contributed by atoms with van der Waals surface area (Å²) in [6.07, 6.45) is -1.57. The molecule has 0 spiro atoms. The molecule has 0 atom stereocenters. The zero-order valence-corrected chi connectivity index (χ0v) is 21.2. The minimum atomic E-state index is -4.62. The summed E-state index contributed by atoms with van der Waals surface area (Å²) in [7, 11) is 0. The first kappa shape index (κ1) is 27.3. The lowest BCUT2D eigenvalue weighted by molar-refractivity contribution is -0.137. The second-order valence-electron chi connectivity index (χ2n) is 9.34. The summed E-state index contributed by atoms with van der Waals surface area (Å²) in [4.78, 5) is 19.5. The molecule has 3 heterocycles. The van der Waals surface area contributed by atoms with Gasteiger partial charge in [-0.25, -0.2) is 9.37 Å². The summed E-state index contributed by atoms with van der Waals surface area (Å²) in [6, 6.07) is 12.5. The number of H-pyrrole nitrogens is 1. The number of aromatic amines is 1. The third-order valence-electron chi connectivity index (χ3n) is 6.50. The van der Waals surface area contributed by atoms with Crippen LogP contribution >= 0.6 is 0 Å². The number of carbonyl (C=O) groups is 1. The fourth-order valence-electron chi connectivity index (χ4n) is 4.37. The Balaban J connectivity index is 1.33. The first-order valence-corrected chi connectivity index (χ1v) is 12.6. The van der Waals surface area contributed by atoms with Gasteiger partial charge in [-0.3, -0.25) is 4.79 Å². The Kier molecular flexibility index (Phi) is 8.06. The van der Waals surface area contributed by atoms with Gasteiger partial charge in [-0.05, 0) is 71.8 Å². The number of ether oxygens (including phenoxy) is 2. The first-order valence-electron chi connectivity index (χ1n) is 12.6. The molecule has 0 saturated carbocycles. The van der Waals surface area contributed by atoms with Crippen LogP contribution in [0.25, 0.3) is 11.1 Å². The SMILES string of the molecule is O=C(Nc1cc(-c2cc(OCC3CCOCC3)ccc2C(F)(F)F)ccn1)c1nnc(Cc2ccccc2F)[nH]1. The van der Waals surface area contributed by atoms with Crippen molar-refractivity contribution in [2.24, 2.45) is 5.92 Å². The third-order valence-corrected chi connectivity index (χ3v) is 6.50. The molecule has 5 rings (SSSR count). The number of hydrogen-bond acceptors (Lipinski definition) is 6. The molecule has 2 aromatic heterocycles. The van der Waals surface area contributed by atoms with E-state index in [1.54, 1.807) is 18.2 Å². The van der Waals surface area contributed by atoms with Crippen LogP contribution < -0.4 is 10.1 Å². The number of rotatable bonds is 8. The van der Waals surface area contributed by atoms with E-state index in [1.165, 1.54) is 36.5 Å². The summed E-state index contributed by atoms with van der Waals surface area (Å²) in [6.45, 7) is 1.65. The van der Waals surface area contributed by atoms with Crippen LogP contribution in [0.15, 0.2) is 60.8 Å². The number of amides is 1. The van der Waals surface area contributed by atoms with Crippen molar-refractivity contribution in [1.82, 2.24) is 20.2 Å². The number of benzene rings is 2. The first-order chi connectivity index (χ1) is 19.3. The fraction of sp³-hybridized carbons (Fsp3) is 0.286. The monoisotopic (exact) mass is 555 g/mol. The van der Waals surface area contributed by atoms with Crippen molar-refractivity contribution >= 4 is 11.7 Å². The van der Waals surface area contributed by atoms with Gasteiger partial charge in [0.05, 0.1) is 12.2 Å².